The minimum atomic E-state index is -3.49. The van der Waals surface area contributed by atoms with E-state index in [2.05, 4.69) is 63.1 Å². The van der Waals surface area contributed by atoms with Gasteiger partial charge in [-0.3, -0.25) is 0 Å². The number of aryl methyl sites for hydroxylation is 2. The van der Waals surface area contributed by atoms with Crippen molar-refractivity contribution in [2.75, 3.05) is 31.1 Å². The molecule has 0 N–H and O–H groups in total. The number of halogens is 1. The van der Waals surface area contributed by atoms with Gasteiger partial charge in [-0.15, -0.1) is 10.2 Å². The van der Waals surface area contributed by atoms with Crippen LogP contribution in [0.2, 0.25) is 0 Å². The Balaban J connectivity index is 1.44. The molecule has 1 aromatic heterocycles. The highest BCUT2D eigenvalue weighted by Gasteiger charge is 2.29. The van der Waals surface area contributed by atoms with Gasteiger partial charge in [0.2, 0.25) is 10.0 Å². The van der Waals surface area contributed by atoms with E-state index in [-0.39, 0.29) is 0 Å². The van der Waals surface area contributed by atoms with Crippen LogP contribution in [0.1, 0.15) is 11.1 Å². The molecule has 156 valence electrons. The van der Waals surface area contributed by atoms with E-state index < -0.39 is 10.0 Å². The molecule has 30 heavy (non-hydrogen) atoms. The van der Waals surface area contributed by atoms with Crippen molar-refractivity contribution in [3.8, 4) is 11.3 Å². The molecule has 1 saturated heterocycles. The number of rotatable bonds is 4. The molecule has 0 aliphatic carbocycles. The molecule has 0 amide bonds. The number of aromatic nitrogens is 2. The van der Waals surface area contributed by atoms with Crippen LogP contribution in [0.4, 0.5) is 5.82 Å². The summed E-state index contributed by atoms with van der Waals surface area (Å²) in [4.78, 5) is 2.39. The second-order valence-corrected chi connectivity index (χ2v) is 10.3. The average molecular weight is 487 g/mol. The van der Waals surface area contributed by atoms with Gasteiger partial charge >= 0.3 is 0 Å². The summed E-state index contributed by atoms with van der Waals surface area (Å²) in [6.07, 6.45) is 0. The summed E-state index contributed by atoms with van der Waals surface area (Å²) in [6.45, 7) is 6.13. The Labute approximate surface area is 185 Å². The lowest BCUT2D eigenvalue weighted by atomic mass is 10.0. The van der Waals surface area contributed by atoms with Crippen molar-refractivity contribution in [1.82, 2.24) is 14.5 Å². The summed E-state index contributed by atoms with van der Waals surface area (Å²) < 4.78 is 28.1. The fourth-order valence-corrected chi connectivity index (χ4v) is 5.34. The number of sulfonamides is 1. The van der Waals surface area contributed by atoms with Crippen LogP contribution in [0, 0.1) is 13.8 Å². The van der Waals surface area contributed by atoms with Crippen LogP contribution in [0.25, 0.3) is 11.3 Å². The van der Waals surface area contributed by atoms with Crippen LogP contribution in [0.3, 0.4) is 0 Å². The Kier molecular flexibility index (Phi) is 5.90. The summed E-state index contributed by atoms with van der Waals surface area (Å²) in [6, 6.07) is 17.0. The van der Waals surface area contributed by atoms with Gasteiger partial charge in [0.05, 0.1) is 10.6 Å². The SMILES string of the molecule is Cc1ccc(-c2ccc(N3CCN(S(=O)(=O)c4ccc(Br)cc4)CC3)nn2)c(C)c1. The maximum atomic E-state index is 12.9. The molecule has 0 saturated carbocycles. The Morgan fingerprint density at radius 2 is 1.57 bits per heavy atom. The molecule has 1 fully saturated rings. The number of piperazine rings is 1. The van der Waals surface area contributed by atoms with E-state index in [1.54, 1.807) is 24.3 Å². The fourth-order valence-electron chi connectivity index (χ4n) is 3.65. The molecule has 4 rings (SSSR count). The predicted molar refractivity (Wildman–Crippen MR) is 122 cm³/mol. The van der Waals surface area contributed by atoms with E-state index in [0.29, 0.717) is 31.1 Å². The summed E-state index contributed by atoms with van der Waals surface area (Å²) in [7, 11) is -3.49. The van der Waals surface area contributed by atoms with Gasteiger partial charge in [0.15, 0.2) is 5.82 Å². The zero-order valence-corrected chi connectivity index (χ0v) is 19.3. The maximum absolute atomic E-state index is 12.9. The number of nitrogens with zero attached hydrogens (tertiary/aromatic N) is 4. The maximum Gasteiger partial charge on any atom is 0.243 e. The van der Waals surface area contributed by atoms with Crippen LogP contribution in [-0.2, 0) is 10.0 Å². The summed E-state index contributed by atoms with van der Waals surface area (Å²) in [5, 5.41) is 8.81. The second-order valence-electron chi connectivity index (χ2n) is 7.44. The average Bonchev–Trinajstić information content (AvgIpc) is 2.74. The van der Waals surface area contributed by atoms with Crippen molar-refractivity contribution in [2.45, 2.75) is 18.7 Å². The zero-order chi connectivity index (χ0) is 21.3. The monoisotopic (exact) mass is 486 g/mol. The van der Waals surface area contributed by atoms with Crippen LogP contribution in [-0.4, -0.2) is 49.1 Å². The highest BCUT2D eigenvalue weighted by Crippen LogP contribution is 2.25. The second kappa shape index (κ2) is 8.45. The van der Waals surface area contributed by atoms with Gasteiger partial charge in [0.25, 0.3) is 0 Å². The van der Waals surface area contributed by atoms with Crippen molar-refractivity contribution in [2.24, 2.45) is 0 Å². The first-order valence-electron chi connectivity index (χ1n) is 9.76. The Bertz CT molecular complexity index is 1140. The predicted octanol–water partition coefficient (Wildman–Crippen LogP) is 4.03. The third-order valence-corrected chi connectivity index (χ3v) is 7.76. The first kappa shape index (κ1) is 21.0. The lowest BCUT2D eigenvalue weighted by Crippen LogP contribution is -2.48. The van der Waals surface area contributed by atoms with Crippen molar-refractivity contribution < 1.29 is 8.42 Å². The Hall–Kier alpha value is -2.29. The summed E-state index contributed by atoms with van der Waals surface area (Å²) in [5.74, 6) is 0.768. The van der Waals surface area contributed by atoms with Crippen molar-refractivity contribution in [3.63, 3.8) is 0 Å². The van der Waals surface area contributed by atoms with E-state index in [1.165, 1.54) is 15.4 Å². The van der Waals surface area contributed by atoms with Crippen molar-refractivity contribution in [3.05, 3.63) is 70.2 Å². The molecule has 1 aliphatic heterocycles. The third kappa shape index (κ3) is 4.26. The smallest absolute Gasteiger partial charge is 0.243 e. The zero-order valence-electron chi connectivity index (χ0n) is 16.9. The van der Waals surface area contributed by atoms with Gasteiger partial charge in [-0.05, 0) is 55.8 Å². The summed E-state index contributed by atoms with van der Waals surface area (Å²) >= 11 is 3.34. The summed E-state index contributed by atoms with van der Waals surface area (Å²) in [5.41, 5.74) is 4.30. The van der Waals surface area contributed by atoms with E-state index in [4.69, 9.17) is 0 Å². The number of anilines is 1. The number of hydrogen-bond acceptors (Lipinski definition) is 5. The molecule has 0 radical (unpaired) electrons. The molecule has 0 spiro atoms. The largest absolute Gasteiger partial charge is 0.352 e. The van der Waals surface area contributed by atoms with Crippen molar-refractivity contribution in [1.29, 1.82) is 0 Å². The molecule has 8 heteroatoms. The molecule has 2 heterocycles. The number of benzene rings is 2. The molecule has 0 unspecified atom stereocenters. The van der Waals surface area contributed by atoms with Gasteiger partial charge in [-0.1, -0.05) is 39.7 Å². The quantitative estimate of drug-likeness (QED) is 0.556. The molecule has 0 atom stereocenters. The first-order valence-corrected chi connectivity index (χ1v) is 12.0. The molecular formula is C22H23BrN4O2S. The van der Waals surface area contributed by atoms with Gasteiger partial charge in [-0.25, -0.2) is 8.42 Å². The van der Waals surface area contributed by atoms with E-state index in [1.807, 2.05) is 12.1 Å². The van der Waals surface area contributed by atoms with E-state index in [0.717, 1.165) is 21.5 Å². The molecule has 0 bridgehead atoms. The van der Waals surface area contributed by atoms with Gasteiger partial charge < -0.3 is 4.90 Å². The van der Waals surface area contributed by atoms with Crippen LogP contribution < -0.4 is 4.90 Å². The highest BCUT2D eigenvalue weighted by atomic mass is 79.9. The Morgan fingerprint density at radius 3 is 2.17 bits per heavy atom. The lowest BCUT2D eigenvalue weighted by molar-refractivity contribution is 0.383. The van der Waals surface area contributed by atoms with E-state index in [9.17, 15) is 8.42 Å². The minimum absolute atomic E-state index is 0.316. The lowest BCUT2D eigenvalue weighted by Gasteiger charge is -2.34. The van der Waals surface area contributed by atoms with Gasteiger partial charge in [0.1, 0.15) is 0 Å². The molecule has 2 aromatic carbocycles. The molecule has 1 aliphatic rings. The topological polar surface area (TPSA) is 66.4 Å². The molecular weight excluding hydrogens is 464 g/mol. The molecule has 6 nitrogen and oxygen atoms in total. The van der Waals surface area contributed by atoms with E-state index >= 15 is 0 Å². The van der Waals surface area contributed by atoms with Crippen LogP contribution in [0.5, 0.6) is 0 Å². The van der Waals surface area contributed by atoms with Gasteiger partial charge in [0, 0.05) is 36.2 Å². The standard InChI is InChI=1S/C22H23BrN4O2S/c1-16-3-8-20(17(2)15-16)21-9-10-22(25-24-21)26-11-13-27(14-12-26)30(28,29)19-6-4-18(23)5-7-19/h3-10,15H,11-14H2,1-2H3. The first-order chi connectivity index (χ1) is 14.3. The highest BCUT2D eigenvalue weighted by molar-refractivity contribution is 9.10. The van der Waals surface area contributed by atoms with Crippen LogP contribution >= 0.6 is 15.9 Å². The fraction of sp³-hybridized carbons (Fsp3) is 0.273. The third-order valence-electron chi connectivity index (χ3n) is 5.32. The van der Waals surface area contributed by atoms with Gasteiger partial charge in [-0.2, -0.15) is 4.31 Å². The van der Waals surface area contributed by atoms with Crippen LogP contribution in [0.15, 0.2) is 64.0 Å². The molecule has 3 aromatic rings. The van der Waals surface area contributed by atoms with Crippen molar-refractivity contribution >= 4 is 31.8 Å². The normalized spacial score (nSPS) is 15.4. The Morgan fingerprint density at radius 1 is 0.867 bits per heavy atom. The number of hydrogen-bond donors (Lipinski definition) is 0. The minimum Gasteiger partial charge on any atom is -0.352 e.